The molecule has 0 radical (unpaired) electrons. The fourth-order valence-corrected chi connectivity index (χ4v) is 3.80. The third-order valence-electron chi connectivity index (χ3n) is 5.35. The molecule has 7 nitrogen and oxygen atoms in total. The van der Waals surface area contributed by atoms with Gasteiger partial charge in [-0.3, -0.25) is 9.59 Å². The van der Waals surface area contributed by atoms with Gasteiger partial charge in [0.2, 0.25) is 5.91 Å². The van der Waals surface area contributed by atoms with Gasteiger partial charge in [-0.25, -0.2) is 4.68 Å². The molecule has 0 unspecified atom stereocenters. The van der Waals surface area contributed by atoms with E-state index >= 15 is 0 Å². The molecular weight excluding hydrogens is 368 g/mol. The molecule has 1 N–H and O–H groups in total. The van der Waals surface area contributed by atoms with Crippen LogP contribution in [0.2, 0.25) is 0 Å². The van der Waals surface area contributed by atoms with Crippen molar-refractivity contribution in [3.05, 3.63) is 65.9 Å². The average Bonchev–Trinajstić information content (AvgIpc) is 3.38. The number of aryl methyl sites for hydroxylation is 1. The summed E-state index contributed by atoms with van der Waals surface area (Å²) in [5, 5.41) is 7.63. The maximum atomic E-state index is 13.0. The van der Waals surface area contributed by atoms with E-state index in [0.29, 0.717) is 18.8 Å². The summed E-state index contributed by atoms with van der Waals surface area (Å²) in [6.45, 7) is 4.84. The third-order valence-corrected chi connectivity index (χ3v) is 5.35. The molecule has 0 saturated carbocycles. The summed E-state index contributed by atoms with van der Waals surface area (Å²) in [5.41, 5.74) is 3.32. The Balaban J connectivity index is 1.48. The summed E-state index contributed by atoms with van der Waals surface area (Å²) >= 11 is 0. The summed E-state index contributed by atoms with van der Waals surface area (Å²) in [6, 6.07) is 13.2. The second-order valence-corrected chi connectivity index (χ2v) is 7.35. The van der Waals surface area contributed by atoms with E-state index in [4.69, 9.17) is 4.42 Å². The van der Waals surface area contributed by atoms with Gasteiger partial charge in [-0.05, 0) is 51.0 Å². The predicted octanol–water partition coefficient (Wildman–Crippen LogP) is 3.57. The Morgan fingerprint density at radius 1 is 1.14 bits per heavy atom. The SMILES string of the molecule is Cc1nn(-c2ccccc2)c(C)c1NC(=O)[C@H]1CCCN(C(=O)c2ccco2)C1. The number of hydrogen-bond donors (Lipinski definition) is 1. The predicted molar refractivity (Wildman–Crippen MR) is 109 cm³/mol. The van der Waals surface area contributed by atoms with Crippen LogP contribution in [0.15, 0.2) is 53.1 Å². The van der Waals surface area contributed by atoms with E-state index in [-0.39, 0.29) is 17.7 Å². The monoisotopic (exact) mass is 392 g/mol. The van der Waals surface area contributed by atoms with Crippen molar-refractivity contribution in [1.29, 1.82) is 0 Å². The second-order valence-electron chi connectivity index (χ2n) is 7.35. The van der Waals surface area contributed by atoms with Gasteiger partial charge in [-0.15, -0.1) is 0 Å². The van der Waals surface area contributed by atoms with Crippen molar-refractivity contribution >= 4 is 17.5 Å². The molecule has 4 rings (SSSR count). The van der Waals surface area contributed by atoms with Gasteiger partial charge in [0.05, 0.1) is 34.9 Å². The number of nitrogens with zero attached hydrogens (tertiary/aromatic N) is 3. The molecule has 1 aliphatic rings. The summed E-state index contributed by atoms with van der Waals surface area (Å²) in [5.74, 6) is -0.207. The lowest BCUT2D eigenvalue weighted by Gasteiger charge is -2.31. The summed E-state index contributed by atoms with van der Waals surface area (Å²) in [6.07, 6.45) is 3.02. The van der Waals surface area contributed by atoms with Crippen molar-refractivity contribution in [2.24, 2.45) is 5.92 Å². The Morgan fingerprint density at radius 2 is 1.93 bits per heavy atom. The number of nitrogens with one attached hydrogen (secondary N) is 1. The first-order chi connectivity index (χ1) is 14.0. The first-order valence-electron chi connectivity index (χ1n) is 9.80. The summed E-state index contributed by atoms with van der Waals surface area (Å²) in [4.78, 5) is 27.2. The summed E-state index contributed by atoms with van der Waals surface area (Å²) < 4.78 is 7.05. The lowest BCUT2D eigenvalue weighted by molar-refractivity contribution is -0.121. The number of aromatic nitrogens is 2. The molecule has 0 bridgehead atoms. The van der Waals surface area contributed by atoms with E-state index in [1.165, 1.54) is 6.26 Å². The number of anilines is 1. The minimum atomic E-state index is -0.262. The summed E-state index contributed by atoms with van der Waals surface area (Å²) in [7, 11) is 0. The van der Waals surface area contributed by atoms with Gasteiger partial charge in [0.25, 0.3) is 5.91 Å². The Morgan fingerprint density at radius 3 is 2.66 bits per heavy atom. The maximum Gasteiger partial charge on any atom is 0.289 e. The number of amides is 2. The zero-order chi connectivity index (χ0) is 20.4. The fourth-order valence-electron chi connectivity index (χ4n) is 3.80. The Kier molecular flexibility index (Phi) is 5.20. The number of carbonyl (C=O) groups is 2. The van der Waals surface area contributed by atoms with Crippen LogP contribution in [0.25, 0.3) is 5.69 Å². The number of likely N-dealkylation sites (tertiary alicyclic amines) is 1. The molecule has 7 heteroatoms. The third kappa shape index (κ3) is 3.81. The lowest BCUT2D eigenvalue weighted by Crippen LogP contribution is -2.43. The van der Waals surface area contributed by atoms with Crippen molar-refractivity contribution in [2.45, 2.75) is 26.7 Å². The van der Waals surface area contributed by atoms with Gasteiger partial charge in [0, 0.05) is 13.1 Å². The maximum absolute atomic E-state index is 13.0. The Bertz CT molecular complexity index is 1010. The first kappa shape index (κ1) is 19.0. The van der Waals surface area contributed by atoms with Crippen molar-refractivity contribution in [3.63, 3.8) is 0 Å². The number of piperidine rings is 1. The Hall–Kier alpha value is -3.35. The minimum absolute atomic E-state index is 0.0826. The largest absolute Gasteiger partial charge is 0.459 e. The van der Waals surface area contributed by atoms with Crippen LogP contribution in [0.1, 0.15) is 34.8 Å². The van der Waals surface area contributed by atoms with Crippen LogP contribution in [-0.2, 0) is 4.79 Å². The fraction of sp³-hybridized carbons (Fsp3) is 0.318. The number of furan rings is 1. The van der Waals surface area contributed by atoms with Crippen LogP contribution in [-0.4, -0.2) is 39.6 Å². The van der Waals surface area contributed by atoms with Crippen molar-refractivity contribution in [2.75, 3.05) is 18.4 Å². The number of para-hydroxylation sites is 1. The standard InChI is InChI=1S/C22H24N4O3/c1-15-20(16(2)26(24-15)18-9-4-3-5-10-18)23-21(27)17-8-6-12-25(14-17)22(28)19-11-7-13-29-19/h3-5,7,9-11,13,17H,6,8,12,14H2,1-2H3,(H,23,27)/t17-/m0/s1. The van der Waals surface area contributed by atoms with Crippen LogP contribution in [0.4, 0.5) is 5.69 Å². The minimum Gasteiger partial charge on any atom is -0.459 e. The molecule has 1 fully saturated rings. The van der Waals surface area contributed by atoms with Crippen molar-refractivity contribution in [3.8, 4) is 5.69 Å². The van der Waals surface area contributed by atoms with Gasteiger partial charge >= 0.3 is 0 Å². The average molecular weight is 392 g/mol. The number of hydrogen-bond acceptors (Lipinski definition) is 4. The number of rotatable bonds is 4. The van der Waals surface area contributed by atoms with Gasteiger partial charge in [0.15, 0.2) is 5.76 Å². The van der Waals surface area contributed by atoms with E-state index in [0.717, 1.165) is 35.6 Å². The number of carbonyl (C=O) groups excluding carboxylic acids is 2. The number of benzene rings is 1. The highest BCUT2D eigenvalue weighted by molar-refractivity contribution is 5.95. The zero-order valence-electron chi connectivity index (χ0n) is 16.6. The second kappa shape index (κ2) is 7.95. The van der Waals surface area contributed by atoms with Crippen LogP contribution in [0.5, 0.6) is 0 Å². The van der Waals surface area contributed by atoms with Crippen LogP contribution in [0, 0.1) is 19.8 Å². The molecule has 2 amide bonds. The molecule has 1 aliphatic heterocycles. The molecule has 3 aromatic rings. The Labute approximate surface area is 169 Å². The van der Waals surface area contributed by atoms with Crippen LogP contribution in [0.3, 0.4) is 0 Å². The highest BCUT2D eigenvalue weighted by Crippen LogP contribution is 2.25. The molecule has 150 valence electrons. The van der Waals surface area contributed by atoms with Gasteiger partial charge in [-0.2, -0.15) is 5.10 Å². The first-order valence-corrected chi connectivity index (χ1v) is 9.80. The quantitative estimate of drug-likeness (QED) is 0.736. The van der Waals surface area contributed by atoms with Gasteiger partial charge < -0.3 is 14.6 Å². The van der Waals surface area contributed by atoms with E-state index in [1.807, 2.05) is 48.9 Å². The van der Waals surface area contributed by atoms with Gasteiger partial charge in [-0.1, -0.05) is 18.2 Å². The highest BCUT2D eigenvalue weighted by Gasteiger charge is 2.30. The lowest BCUT2D eigenvalue weighted by atomic mass is 9.96. The molecule has 29 heavy (non-hydrogen) atoms. The molecule has 0 aliphatic carbocycles. The van der Waals surface area contributed by atoms with Gasteiger partial charge in [0.1, 0.15) is 0 Å². The normalized spacial score (nSPS) is 16.6. The zero-order valence-corrected chi connectivity index (χ0v) is 16.6. The van der Waals surface area contributed by atoms with E-state index in [9.17, 15) is 9.59 Å². The smallest absolute Gasteiger partial charge is 0.289 e. The molecular formula is C22H24N4O3. The van der Waals surface area contributed by atoms with Crippen LogP contribution >= 0.6 is 0 Å². The van der Waals surface area contributed by atoms with E-state index in [1.54, 1.807) is 17.0 Å². The van der Waals surface area contributed by atoms with Crippen LogP contribution < -0.4 is 5.32 Å². The molecule has 1 aromatic carbocycles. The van der Waals surface area contributed by atoms with E-state index in [2.05, 4.69) is 10.4 Å². The molecule has 1 saturated heterocycles. The highest BCUT2D eigenvalue weighted by atomic mass is 16.3. The van der Waals surface area contributed by atoms with E-state index < -0.39 is 0 Å². The topological polar surface area (TPSA) is 80.4 Å². The van der Waals surface area contributed by atoms with Crippen molar-refractivity contribution in [1.82, 2.24) is 14.7 Å². The molecule has 2 aromatic heterocycles. The van der Waals surface area contributed by atoms with Crippen molar-refractivity contribution < 1.29 is 14.0 Å². The molecule has 1 atom stereocenters. The molecule has 0 spiro atoms. The molecule has 3 heterocycles.